The second-order valence-corrected chi connectivity index (χ2v) is 14.1. The quantitative estimate of drug-likeness (QED) is 0.276. The average molecular weight is 611 g/mol. The molecule has 43 heavy (non-hydrogen) atoms. The predicted molar refractivity (Wildman–Crippen MR) is 173 cm³/mol. The van der Waals surface area contributed by atoms with Gasteiger partial charge in [0.2, 0.25) is 5.91 Å². The summed E-state index contributed by atoms with van der Waals surface area (Å²) in [5.74, 6) is 3.82. The van der Waals surface area contributed by atoms with Gasteiger partial charge in [0.1, 0.15) is 11.3 Å². The van der Waals surface area contributed by atoms with Gasteiger partial charge in [-0.05, 0) is 81.6 Å². The number of nitrogen functional groups attached to an aromatic ring is 1. The second-order valence-electron chi connectivity index (χ2n) is 13.0. The van der Waals surface area contributed by atoms with Crippen molar-refractivity contribution in [3.05, 3.63) is 16.8 Å². The molecule has 1 saturated carbocycles. The van der Waals surface area contributed by atoms with E-state index in [1.54, 1.807) is 0 Å². The van der Waals surface area contributed by atoms with Crippen LogP contribution < -0.4 is 11.5 Å². The first kappa shape index (κ1) is 30.7. The molecule has 0 aromatic carbocycles. The number of nitrogens with zero attached hydrogens (tertiary/aromatic N) is 4. The average Bonchev–Trinajstić information content (AvgIpc) is 3.62. The van der Waals surface area contributed by atoms with Crippen molar-refractivity contribution in [2.24, 2.45) is 23.5 Å². The van der Waals surface area contributed by atoms with Crippen molar-refractivity contribution in [3.63, 3.8) is 0 Å². The lowest BCUT2D eigenvalue weighted by Gasteiger charge is -2.36. The van der Waals surface area contributed by atoms with Crippen LogP contribution in [0.4, 0.5) is 5.82 Å². The van der Waals surface area contributed by atoms with Gasteiger partial charge in [-0.3, -0.25) is 4.79 Å². The Labute approximate surface area is 259 Å². The number of fused-ring (bicyclic) bond motifs is 3. The number of aromatic nitrogens is 3. The summed E-state index contributed by atoms with van der Waals surface area (Å²) < 4.78 is 15.0. The van der Waals surface area contributed by atoms with E-state index in [2.05, 4.69) is 22.5 Å². The number of amides is 1. The van der Waals surface area contributed by atoms with E-state index in [0.717, 1.165) is 127 Å². The maximum absolute atomic E-state index is 13.4. The molecule has 5 heterocycles. The normalized spacial score (nSPS) is 22.6. The van der Waals surface area contributed by atoms with Crippen LogP contribution in [0.15, 0.2) is 6.07 Å². The lowest BCUT2D eigenvalue weighted by atomic mass is 9.81. The fraction of sp³-hybridized carbons (Fsp3) is 0.727. The molecule has 236 valence electrons. The molecule has 3 aliphatic rings. The lowest BCUT2D eigenvalue weighted by Crippen LogP contribution is -2.42. The largest absolute Gasteiger partial charge is 0.382 e. The second kappa shape index (κ2) is 14.2. The van der Waals surface area contributed by atoms with Crippen molar-refractivity contribution in [2.75, 3.05) is 51.8 Å². The number of unbranched alkanes of at least 4 members (excludes halogenated alkanes) is 1. The van der Waals surface area contributed by atoms with Gasteiger partial charge in [-0.1, -0.05) is 13.3 Å². The highest BCUT2D eigenvalue weighted by atomic mass is 32.1. The number of pyridine rings is 1. The van der Waals surface area contributed by atoms with Crippen LogP contribution in [0.3, 0.4) is 0 Å². The Balaban J connectivity index is 1.16. The fourth-order valence-corrected chi connectivity index (χ4v) is 8.73. The number of carbonyl (C=O) groups is 1. The van der Waals surface area contributed by atoms with Crippen LogP contribution in [0, 0.1) is 17.8 Å². The third-order valence-corrected chi connectivity index (χ3v) is 11.3. The van der Waals surface area contributed by atoms with E-state index in [1.165, 1.54) is 15.1 Å². The van der Waals surface area contributed by atoms with Crippen LogP contribution in [0.1, 0.15) is 87.8 Å². The zero-order valence-electron chi connectivity index (χ0n) is 25.9. The molecule has 3 aromatic heterocycles. The first-order chi connectivity index (χ1) is 21.1. The summed E-state index contributed by atoms with van der Waals surface area (Å²) in [7, 11) is 0. The lowest BCUT2D eigenvalue weighted by molar-refractivity contribution is -0.138. The Kier molecular flexibility index (Phi) is 10.2. The number of likely N-dealkylation sites (tertiary alicyclic amines) is 1. The van der Waals surface area contributed by atoms with E-state index in [1.807, 2.05) is 11.3 Å². The molecular weight excluding hydrogens is 560 g/mol. The number of anilines is 1. The minimum Gasteiger partial charge on any atom is -0.382 e. The summed E-state index contributed by atoms with van der Waals surface area (Å²) >= 11 is 1.87. The monoisotopic (exact) mass is 610 g/mol. The summed E-state index contributed by atoms with van der Waals surface area (Å²) in [5.41, 5.74) is 15.1. The van der Waals surface area contributed by atoms with Crippen LogP contribution in [-0.4, -0.2) is 71.4 Å². The Morgan fingerprint density at radius 3 is 2.56 bits per heavy atom. The molecule has 4 N–H and O–H groups in total. The smallest absolute Gasteiger partial charge is 0.225 e. The first-order valence-corrected chi connectivity index (χ1v) is 17.6. The maximum Gasteiger partial charge on any atom is 0.225 e. The molecule has 2 aliphatic heterocycles. The number of carbonyl (C=O) groups excluding carboxylic acids is 1. The summed E-state index contributed by atoms with van der Waals surface area (Å²) in [4.78, 5) is 26.8. The van der Waals surface area contributed by atoms with Gasteiger partial charge in [0.25, 0.3) is 0 Å². The molecule has 10 heteroatoms. The molecular formula is C33H50N6O3S. The van der Waals surface area contributed by atoms with Crippen molar-refractivity contribution in [1.29, 1.82) is 0 Å². The van der Waals surface area contributed by atoms with Crippen LogP contribution in [-0.2, 0) is 27.2 Å². The van der Waals surface area contributed by atoms with E-state index in [9.17, 15) is 4.79 Å². The van der Waals surface area contributed by atoms with Gasteiger partial charge in [-0.15, -0.1) is 11.3 Å². The van der Waals surface area contributed by atoms with E-state index >= 15 is 0 Å². The molecule has 3 fully saturated rings. The number of nitrogens with two attached hydrogens (primary N) is 2. The van der Waals surface area contributed by atoms with Crippen LogP contribution in [0.2, 0.25) is 0 Å². The minimum absolute atomic E-state index is 0.171. The van der Waals surface area contributed by atoms with Crippen LogP contribution in [0.5, 0.6) is 0 Å². The number of rotatable bonds is 11. The van der Waals surface area contributed by atoms with Crippen molar-refractivity contribution < 1.29 is 14.3 Å². The molecule has 0 atom stereocenters. The molecule has 0 unspecified atom stereocenters. The highest BCUT2D eigenvalue weighted by Gasteiger charge is 2.33. The van der Waals surface area contributed by atoms with Gasteiger partial charge >= 0.3 is 0 Å². The highest BCUT2D eigenvalue weighted by molar-refractivity contribution is 7.20. The third-order valence-electron chi connectivity index (χ3n) is 10.0. The van der Waals surface area contributed by atoms with E-state index < -0.39 is 0 Å². The molecule has 6 rings (SSSR count). The highest BCUT2D eigenvalue weighted by Crippen LogP contribution is 2.41. The first-order valence-electron chi connectivity index (χ1n) is 16.8. The minimum atomic E-state index is 0.171. The summed E-state index contributed by atoms with van der Waals surface area (Å²) in [5, 5.41) is 0. The fourth-order valence-electron chi connectivity index (χ4n) is 7.41. The number of hydrogen-bond acceptors (Lipinski definition) is 8. The Hall–Kier alpha value is -2.27. The van der Waals surface area contributed by atoms with Crippen molar-refractivity contribution in [1.82, 2.24) is 19.4 Å². The van der Waals surface area contributed by atoms with Crippen LogP contribution in [0.25, 0.3) is 21.3 Å². The number of thiophene rings is 1. The van der Waals surface area contributed by atoms with E-state index in [4.69, 9.17) is 30.9 Å². The molecule has 1 amide bonds. The van der Waals surface area contributed by atoms with Gasteiger partial charge in [0.05, 0.1) is 22.3 Å². The summed E-state index contributed by atoms with van der Waals surface area (Å²) in [6.45, 7) is 8.54. The standard InChI is InChI=1S/C33H50N6O3S/c1-2-3-4-28-37-29-30(39(28)20-22-11-16-41-17-12-22)31-26(36-32(29)35)19-27(43-31)24-9-14-38(15-10-24)33(40)25-7-5-23(6-8-25)21-42-18-13-34/h19,22-25H,2-18,20-21,34H2,1H3,(H2,35,36). The van der Waals surface area contributed by atoms with Gasteiger partial charge in [0, 0.05) is 63.2 Å². The number of aryl methyl sites for hydroxylation is 1. The Morgan fingerprint density at radius 1 is 1.07 bits per heavy atom. The van der Waals surface area contributed by atoms with Crippen molar-refractivity contribution >= 4 is 44.3 Å². The van der Waals surface area contributed by atoms with Gasteiger partial charge in [0.15, 0.2) is 5.82 Å². The zero-order chi connectivity index (χ0) is 29.8. The maximum atomic E-state index is 13.4. The molecule has 3 aromatic rings. The molecule has 0 bridgehead atoms. The van der Waals surface area contributed by atoms with Gasteiger partial charge in [-0.25, -0.2) is 9.97 Å². The number of ether oxygens (including phenoxy) is 2. The van der Waals surface area contributed by atoms with Crippen molar-refractivity contribution in [2.45, 2.75) is 90.0 Å². The number of hydrogen-bond donors (Lipinski definition) is 2. The zero-order valence-corrected chi connectivity index (χ0v) is 26.7. The number of piperidine rings is 1. The number of imidazole rings is 1. The summed E-state index contributed by atoms with van der Waals surface area (Å²) in [6.07, 6.45) is 11.5. The topological polar surface area (TPSA) is 122 Å². The summed E-state index contributed by atoms with van der Waals surface area (Å²) in [6, 6.07) is 2.27. The molecule has 0 spiro atoms. The van der Waals surface area contributed by atoms with Crippen molar-refractivity contribution in [3.8, 4) is 0 Å². The van der Waals surface area contributed by atoms with E-state index in [0.29, 0.717) is 42.6 Å². The SMILES string of the molecule is CCCCc1nc2c(N)nc3cc(C4CCN(C(=O)C5CCC(COCCN)CC5)CC4)sc3c2n1CC1CCOCC1. The Morgan fingerprint density at radius 2 is 1.84 bits per heavy atom. The molecule has 9 nitrogen and oxygen atoms in total. The predicted octanol–water partition coefficient (Wildman–Crippen LogP) is 5.49. The molecule has 2 saturated heterocycles. The van der Waals surface area contributed by atoms with Gasteiger partial charge in [-0.2, -0.15) is 0 Å². The van der Waals surface area contributed by atoms with E-state index in [-0.39, 0.29) is 5.92 Å². The Bertz CT molecular complexity index is 1370. The molecule has 0 radical (unpaired) electrons. The van der Waals surface area contributed by atoms with Crippen LogP contribution >= 0.6 is 11.3 Å². The third kappa shape index (κ3) is 6.87. The van der Waals surface area contributed by atoms with Gasteiger partial charge < -0.3 is 30.4 Å². The molecule has 1 aliphatic carbocycles.